The minimum atomic E-state index is -4.52. The SMILES string of the molecule is O=C(O)c1ccc(C2=c3ccc([nH]3)=C(c3ccc(S(=O)(=O)O)cc3)c3ccc([nH]3)C(c3ccc(S(=O)(=O)O)cc3)=c3ccc([nH]3)=C(c3ccc(S(=O)(=O)O)cc3)c3ccc2[nH]3)cc1. The van der Waals surface area contributed by atoms with Gasteiger partial charge in [-0.25, -0.2) is 4.79 Å². The van der Waals surface area contributed by atoms with E-state index in [2.05, 4.69) is 19.9 Å². The molecule has 1 aliphatic heterocycles. The van der Waals surface area contributed by atoms with Gasteiger partial charge in [0.15, 0.2) is 0 Å². The summed E-state index contributed by atoms with van der Waals surface area (Å²) in [4.78, 5) is 25.0. The van der Waals surface area contributed by atoms with Gasteiger partial charge in [-0.15, -0.1) is 0 Å². The van der Waals surface area contributed by atoms with Gasteiger partial charge in [-0.2, -0.15) is 25.3 Å². The first-order valence-electron chi connectivity index (χ1n) is 18.8. The van der Waals surface area contributed by atoms with E-state index in [-0.39, 0.29) is 20.2 Å². The van der Waals surface area contributed by atoms with Crippen molar-refractivity contribution in [3.05, 3.63) is 218 Å². The fourth-order valence-electron chi connectivity index (χ4n) is 7.73. The smallest absolute Gasteiger partial charge is 0.335 e. The van der Waals surface area contributed by atoms with E-state index in [1.54, 1.807) is 48.5 Å². The molecule has 15 nitrogen and oxygen atoms in total. The van der Waals surface area contributed by atoms with Crippen molar-refractivity contribution in [2.24, 2.45) is 0 Å². The lowest BCUT2D eigenvalue weighted by Gasteiger charge is -2.10. The first-order valence-corrected chi connectivity index (χ1v) is 23.1. The maximum atomic E-state index is 12.0. The number of aromatic nitrogens is 4. The molecule has 63 heavy (non-hydrogen) atoms. The Morgan fingerprint density at radius 2 is 0.571 bits per heavy atom. The summed E-state index contributed by atoms with van der Waals surface area (Å²) in [7, 11) is -13.6. The van der Waals surface area contributed by atoms with Crippen LogP contribution in [0, 0.1) is 0 Å². The number of hydrogen-bond acceptors (Lipinski definition) is 7. The van der Waals surface area contributed by atoms with Gasteiger partial charge in [0.05, 0.1) is 20.2 Å². The van der Waals surface area contributed by atoms with E-state index < -0.39 is 36.3 Å². The maximum Gasteiger partial charge on any atom is 0.335 e. The molecule has 4 aromatic carbocycles. The Kier molecular flexibility index (Phi) is 9.93. The predicted molar refractivity (Wildman–Crippen MR) is 230 cm³/mol. The molecule has 0 saturated heterocycles. The van der Waals surface area contributed by atoms with Crippen LogP contribution in [0.4, 0.5) is 0 Å². The number of hydrogen-bond donors (Lipinski definition) is 8. The molecule has 0 atom stereocenters. The number of rotatable bonds is 8. The highest BCUT2D eigenvalue weighted by atomic mass is 32.2. The summed E-state index contributed by atoms with van der Waals surface area (Å²) in [6.45, 7) is 0. The maximum absolute atomic E-state index is 12.0. The van der Waals surface area contributed by atoms with Gasteiger partial charge in [-0.3, -0.25) is 13.7 Å². The molecule has 0 radical (unpaired) electrons. The second-order valence-electron chi connectivity index (χ2n) is 14.5. The molecule has 0 unspecified atom stereocenters. The van der Waals surface area contributed by atoms with E-state index >= 15 is 0 Å². The second kappa shape index (κ2) is 15.2. The molecule has 1 aliphatic rings. The summed E-state index contributed by atoms with van der Waals surface area (Å²) >= 11 is 0. The summed E-state index contributed by atoms with van der Waals surface area (Å²) in [6, 6.07) is 38.0. The van der Waals surface area contributed by atoms with Crippen LogP contribution in [-0.4, -0.2) is 69.9 Å². The van der Waals surface area contributed by atoms with Gasteiger partial charge in [0.25, 0.3) is 30.4 Å². The largest absolute Gasteiger partial charge is 0.478 e. The van der Waals surface area contributed by atoms with Crippen molar-refractivity contribution in [3.63, 3.8) is 0 Å². The predicted octanol–water partition coefficient (Wildman–Crippen LogP) is 3.74. The number of aromatic amines is 4. The number of benzene rings is 4. The third kappa shape index (κ3) is 7.89. The lowest BCUT2D eigenvalue weighted by molar-refractivity contribution is 0.0696. The number of fused-ring (bicyclic) bond motifs is 8. The Bertz CT molecular complexity index is 3750. The lowest BCUT2D eigenvalue weighted by atomic mass is 10.0. The van der Waals surface area contributed by atoms with Crippen LogP contribution in [-0.2, 0) is 30.4 Å². The highest BCUT2D eigenvalue weighted by Gasteiger charge is 2.21. The zero-order valence-corrected chi connectivity index (χ0v) is 34.7. The third-order valence-corrected chi connectivity index (χ3v) is 13.2. The molecule has 8 bridgehead atoms. The number of carboxylic acid groups (broad SMARTS) is 1. The second-order valence-corrected chi connectivity index (χ2v) is 18.8. The molecule has 5 heterocycles. The molecule has 0 aliphatic carbocycles. The molecule has 18 heteroatoms. The molecule has 0 fully saturated rings. The van der Waals surface area contributed by atoms with Gasteiger partial charge in [0, 0.05) is 66.5 Å². The van der Waals surface area contributed by atoms with Crippen molar-refractivity contribution >= 4 is 58.6 Å². The molecule has 9 rings (SSSR count). The van der Waals surface area contributed by atoms with Gasteiger partial charge in [0.2, 0.25) is 0 Å². The quantitative estimate of drug-likeness (QED) is 0.102. The van der Waals surface area contributed by atoms with E-state index in [4.69, 9.17) is 0 Å². The molecule has 4 aromatic heterocycles. The summed E-state index contributed by atoms with van der Waals surface area (Å²) in [5.41, 5.74) is 7.05. The van der Waals surface area contributed by atoms with E-state index in [1.165, 1.54) is 48.5 Å². The van der Waals surface area contributed by atoms with Crippen molar-refractivity contribution in [2.45, 2.75) is 14.7 Å². The van der Waals surface area contributed by atoms with Crippen LogP contribution in [0.25, 0.3) is 22.3 Å². The highest BCUT2D eigenvalue weighted by Crippen LogP contribution is 2.29. The van der Waals surface area contributed by atoms with Gasteiger partial charge in [-0.1, -0.05) is 48.5 Å². The Hall–Kier alpha value is -7.32. The average molecular weight is 901 g/mol. The monoisotopic (exact) mass is 900 g/mol. The van der Waals surface area contributed by atoms with Crippen molar-refractivity contribution in [3.8, 4) is 0 Å². The normalized spacial score (nSPS) is 13.4. The average Bonchev–Trinajstić information content (AvgIpc) is 4.09. The Morgan fingerprint density at radius 3 is 0.794 bits per heavy atom. The number of carboxylic acids is 1. The van der Waals surface area contributed by atoms with Crippen LogP contribution >= 0.6 is 0 Å². The molecule has 0 amide bonds. The van der Waals surface area contributed by atoms with E-state index in [0.717, 1.165) is 0 Å². The van der Waals surface area contributed by atoms with Crippen molar-refractivity contribution in [1.29, 1.82) is 0 Å². The van der Waals surface area contributed by atoms with Crippen LogP contribution in [0.3, 0.4) is 0 Å². The number of aromatic carboxylic acids is 1. The Labute approximate surface area is 358 Å². The van der Waals surface area contributed by atoms with Crippen LogP contribution in [0.2, 0.25) is 0 Å². The standard InChI is InChI=1S/C45H32N4O11S3/c50-45(51)29-3-1-25(2-4-29)41-33-17-19-35(46-33)42(26-5-11-30(12-6-26)61(52,53)54)37-21-23-39(48-37)44(28-9-15-32(16-10-28)63(58,59)60)40-24-22-38(49-40)43(36-20-18-34(41)47-36)27-7-13-31(14-8-27)62(55,56)57/h1-24,46-49H,(H,50,51)(H,52,53,54)(H,55,56,57)(H,58,59,60). The molecule has 0 saturated carbocycles. The summed E-state index contributed by atoms with van der Waals surface area (Å²) in [5.74, 6) is -1.10. The fourth-order valence-corrected chi connectivity index (χ4v) is 9.17. The molecule has 0 spiro atoms. The van der Waals surface area contributed by atoms with Gasteiger partial charge < -0.3 is 25.0 Å². The summed E-state index contributed by atoms with van der Waals surface area (Å²) in [6.07, 6.45) is 0. The van der Waals surface area contributed by atoms with Crippen LogP contribution in [0.1, 0.15) is 55.4 Å². The molecule has 8 N–H and O–H groups in total. The zero-order chi connectivity index (χ0) is 44.4. The summed E-state index contributed by atoms with van der Waals surface area (Å²) < 4.78 is 101. The number of carbonyl (C=O) groups is 1. The minimum absolute atomic E-state index is 0.0791. The van der Waals surface area contributed by atoms with Crippen LogP contribution in [0.5, 0.6) is 0 Å². The van der Waals surface area contributed by atoms with Gasteiger partial charge in [0.1, 0.15) is 0 Å². The zero-order valence-electron chi connectivity index (χ0n) is 32.2. The molecular weight excluding hydrogens is 869 g/mol. The topological polar surface area (TPSA) is 264 Å². The van der Waals surface area contributed by atoms with E-state index in [0.29, 0.717) is 88.7 Å². The van der Waals surface area contributed by atoms with Crippen molar-refractivity contribution in [1.82, 2.24) is 19.9 Å². The molecule has 8 aromatic rings. The number of H-pyrrole nitrogens is 4. The summed E-state index contributed by atoms with van der Waals surface area (Å²) in [5, 5.41) is 12.0. The van der Waals surface area contributed by atoms with Crippen molar-refractivity contribution < 1.29 is 48.8 Å². The van der Waals surface area contributed by atoms with E-state index in [1.807, 2.05) is 48.5 Å². The van der Waals surface area contributed by atoms with Gasteiger partial charge in [-0.05, 0) is 119 Å². The van der Waals surface area contributed by atoms with Gasteiger partial charge >= 0.3 is 5.97 Å². The van der Waals surface area contributed by atoms with Crippen LogP contribution < -0.4 is 21.4 Å². The molecule has 316 valence electrons. The Balaban J connectivity index is 1.40. The lowest BCUT2D eigenvalue weighted by Crippen LogP contribution is -2.19. The minimum Gasteiger partial charge on any atom is -0.478 e. The highest BCUT2D eigenvalue weighted by molar-refractivity contribution is 7.86. The first kappa shape index (κ1) is 41.1. The number of nitrogens with one attached hydrogen (secondary N) is 4. The third-order valence-electron chi connectivity index (χ3n) is 10.6. The molecular formula is C45H32N4O11S3. The van der Waals surface area contributed by atoms with Crippen molar-refractivity contribution in [2.75, 3.05) is 0 Å². The fraction of sp³-hybridized carbons (Fsp3) is 0. The first-order chi connectivity index (χ1) is 29.9. The Morgan fingerprint density at radius 1 is 0.333 bits per heavy atom. The van der Waals surface area contributed by atoms with Crippen LogP contribution in [0.15, 0.2) is 160 Å². The van der Waals surface area contributed by atoms with E-state index in [9.17, 15) is 48.8 Å².